The van der Waals surface area contributed by atoms with Crippen molar-refractivity contribution in [1.29, 1.82) is 0 Å². The second-order valence-electron chi connectivity index (χ2n) is 5.69. The lowest BCUT2D eigenvalue weighted by Crippen LogP contribution is -2.51. The van der Waals surface area contributed by atoms with E-state index in [0.29, 0.717) is 25.4 Å². The highest BCUT2D eigenvalue weighted by Gasteiger charge is 2.32. The zero-order valence-corrected chi connectivity index (χ0v) is 12.2. The quantitative estimate of drug-likeness (QED) is 0.720. The predicted octanol–water partition coefficient (Wildman–Crippen LogP) is 0.104. The van der Waals surface area contributed by atoms with Gasteiger partial charge in [0.2, 0.25) is 11.8 Å². The van der Waals surface area contributed by atoms with Crippen LogP contribution in [0.1, 0.15) is 37.4 Å². The molecule has 8 heteroatoms. The SMILES string of the molecule is O=C1CC[C@@H](C(=O)N2CCC(c3ncc[nH]3)CC2)NC(=O)N1. The van der Waals surface area contributed by atoms with Crippen molar-refractivity contribution in [1.82, 2.24) is 25.5 Å². The van der Waals surface area contributed by atoms with Crippen LogP contribution in [0.15, 0.2) is 12.4 Å². The lowest BCUT2D eigenvalue weighted by atomic mass is 9.95. The van der Waals surface area contributed by atoms with Gasteiger partial charge >= 0.3 is 6.03 Å². The Labute approximate surface area is 127 Å². The van der Waals surface area contributed by atoms with E-state index >= 15 is 0 Å². The fourth-order valence-corrected chi connectivity index (χ4v) is 3.01. The van der Waals surface area contributed by atoms with E-state index < -0.39 is 12.1 Å². The molecule has 0 spiro atoms. The zero-order valence-electron chi connectivity index (χ0n) is 12.2. The molecule has 3 rings (SSSR count). The number of carbonyl (C=O) groups is 3. The molecule has 2 saturated heterocycles. The Morgan fingerprint density at radius 2 is 2.00 bits per heavy atom. The minimum atomic E-state index is -0.619. The van der Waals surface area contributed by atoms with Crippen molar-refractivity contribution in [2.75, 3.05) is 13.1 Å². The molecule has 0 aromatic carbocycles. The average molecular weight is 305 g/mol. The van der Waals surface area contributed by atoms with Crippen molar-refractivity contribution < 1.29 is 14.4 Å². The number of nitrogens with one attached hydrogen (secondary N) is 3. The summed E-state index contributed by atoms with van der Waals surface area (Å²) in [5.74, 6) is 0.850. The molecule has 2 fully saturated rings. The molecule has 1 aromatic rings. The molecule has 1 aromatic heterocycles. The van der Waals surface area contributed by atoms with Gasteiger partial charge in [-0.25, -0.2) is 9.78 Å². The van der Waals surface area contributed by atoms with Gasteiger partial charge in [-0.15, -0.1) is 0 Å². The summed E-state index contributed by atoms with van der Waals surface area (Å²) in [5.41, 5.74) is 0. The number of amides is 4. The summed E-state index contributed by atoms with van der Waals surface area (Å²) in [6.45, 7) is 1.27. The number of imidazole rings is 1. The number of hydrogen-bond acceptors (Lipinski definition) is 4. The first-order valence-corrected chi connectivity index (χ1v) is 7.52. The van der Waals surface area contributed by atoms with Gasteiger partial charge in [0, 0.05) is 37.8 Å². The number of rotatable bonds is 2. The van der Waals surface area contributed by atoms with E-state index in [-0.39, 0.29) is 18.2 Å². The van der Waals surface area contributed by atoms with Crippen molar-refractivity contribution in [3.05, 3.63) is 18.2 Å². The first-order chi connectivity index (χ1) is 10.6. The Morgan fingerprint density at radius 1 is 1.23 bits per heavy atom. The summed E-state index contributed by atoms with van der Waals surface area (Å²) in [7, 11) is 0. The Kier molecular flexibility index (Phi) is 4.08. The van der Waals surface area contributed by atoms with E-state index in [2.05, 4.69) is 20.6 Å². The summed E-state index contributed by atoms with van der Waals surface area (Å²) >= 11 is 0. The summed E-state index contributed by atoms with van der Waals surface area (Å²) in [4.78, 5) is 44.4. The molecule has 2 aliphatic heterocycles. The minimum Gasteiger partial charge on any atom is -0.348 e. The molecule has 0 unspecified atom stereocenters. The molecule has 8 nitrogen and oxygen atoms in total. The number of nitrogens with zero attached hydrogens (tertiary/aromatic N) is 2. The van der Waals surface area contributed by atoms with Crippen LogP contribution >= 0.6 is 0 Å². The number of likely N-dealkylation sites (tertiary alicyclic amines) is 1. The van der Waals surface area contributed by atoms with Gasteiger partial charge in [0.1, 0.15) is 11.9 Å². The van der Waals surface area contributed by atoms with Crippen LogP contribution in [-0.4, -0.2) is 51.8 Å². The third kappa shape index (κ3) is 3.10. The fraction of sp³-hybridized carbons (Fsp3) is 0.571. The highest BCUT2D eigenvalue weighted by atomic mass is 16.2. The molecule has 0 bridgehead atoms. The lowest BCUT2D eigenvalue weighted by molar-refractivity contribution is -0.134. The zero-order chi connectivity index (χ0) is 15.5. The lowest BCUT2D eigenvalue weighted by Gasteiger charge is -2.33. The summed E-state index contributed by atoms with van der Waals surface area (Å²) in [6.07, 6.45) is 5.75. The first kappa shape index (κ1) is 14.6. The van der Waals surface area contributed by atoms with Crippen molar-refractivity contribution >= 4 is 17.8 Å². The van der Waals surface area contributed by atoms with Crippen LogP contribution in [0.4, 0.5) is 4.79 Å². The molecule has 4 amide bonds. The van der Waals surface area contributed by atoms with Crippen LogP contribution < -0.4 is 10.6 Å². The second-order valence-corrected chi connectivity index (χ2v) is 5.69. The van der Waals surface area contributed by atoms with Crippen LogP contribution in [0, 0.1) is 0 Å². The summed E-state index contributed by atoms with van der Waals surface area (Å²) in [5, 5.41) is 4.75. The predicted molar refractivity (Wildman–Crippen MR) is 76.8 cm³/mol. The van der Waals surface area contributed by atoms with E-state index in [1.807, 2.05) is 0 Å². The van der Waals surface area contributed by atoms with Crippen molar-refractivity contribution in [2.45, 2.75) is 37.6 Å². The van der Waals surface area contributed by atoms with Gasteiger partial charge in [0.25, 0.3) is 0 Å². The number of urea groups is 1. The maximum atomic E-state index is 12.5. The third-order valence-corrected chi connectivity index (χ3v) is 4.23. The van der Waals surface area contributed by atoms with Crippen LogP contribution in [0.5, 0.6) is 0 Å². The monoisotopic (exact) mass is 305 g/mol. The molecular weight excluding hydrogens is 286 g/mol. The number of aromatic nitrogens is 2. The van der Waals surface area contributed by atoms with Crippen LogP contribution in [0.3, 0.4) is 0 Å². The van der Waals surface area contributed by atoms with Gasteiger partial charge in [-0.05, 0) is 19.3 Å². The van der Waals surface area contributed by atoms with E-state index in [1.54, 1.807) is 17.3 Å². The van der Waals surface area contributed by atoms with E-state index in [4.69, 9.17) is 0 Å². The van der Waals surface area contributed by atoms with Crippen molar-refractivity contribution in [3.8, 4) is 0 Å². The molecule has 0 aliphatic carbocycles. The van der Waals surface area contributed by atoms with E-state index in [0.717, 1.165) is 18.7 Å². The number of H-pyrrole nitrogens is 1. The van der Waals surface area contributed by atoms with E-state index in [9.17, 15) is 14.4 Å². The molecular formula is C14H19N5O3. The number of hydrogen-bond donors (Lipinski definition) is 3. The smallest absolute Gasteiger partial charge is 0.322 e. The van der Waals surface area contributed by atoms with Gasteiger partial charge in [0.15, 0.2) is 0 Å². The maximum absolute atomic E-state index is 12.5. The highest BCUT2D eigenvalue weighted by molar-refractivity contribution is 5.98. The number of carbonyl (C=O) groups excluding carboxylic acids is 3. The normalized spacial score (nSPS) is 23.6. The van der Waals surface area contributed by atoms with Crippen molar-refractivity contribution in [3.63, 3.8) is 0 Å². The highest BCUT2D eigenvalue weighted by Crippen LogP contribution is 2.25. The Hall–Kier alpha value is -2.38. The largest absolute Gasteiger partial charge is 0.348 e. The Morgan fingerprint density at radius 3 is 2.68 bits per heavy atom. The number of piperidine rings is 1. The van der Waals surface area contributed by atoms with Gasteiger partial charge in [-0.3, -0.25) is 14.9 Å². The van der Waals surface area contributed by atoms with Crippen LogP contribution in [-0.2, 0) is 9.59 Å². The van der Waals surface area contributed by atoms with E-state index in [1.165, 1.54) is 0 Å². The Bertz CT molecular complexity index is 563. The van der Waals surface area contributed by atoms with Crippen LogP contribution in [0.25, 0.3) is 0 Å². The minimum absolute atomic E-state index is 0.109. The molecule has 3 heterocycles. The van der Waals surface area contributed by atoms with Gasteiger partial charge < -0.3 is 15.2 Å². The fourth-order valence-electron chi connectivity index (χ4n) is 3.01. The Balaban J connectivity index is 1.57. The molecule has 0 saturated carbocycles. The van der Waals surface area contributed by atoms with Gasteiger partial charge in [-0.1, -0.05) is 0 Å². The summed E-state index contributed by atoms with van der Waals surface area (Å²) < 4.78 is 0. The molecule has 2 aliphatic rings. The molecule has 0 radical (unpaired) electrons. The molecule has 118 valence electrons. The van der Waals surface area contributed by atoms with Gasteiger partial charge in [-0.2, -0.15) is 0 Å². The molecule has 3 N–H and O–H groups in total. The van der Waals surface area contributed by atoms with Crippen molar-refractivity contribution in [2.24, 2.45) is 0 Å². The topological polar surface area (TPSA) is 107 Å². The number of aromatic amines is 1. The molecule has 22 heavy (non-hydrogen) atoms. The van der Waals surface area contributed by atoms with Gasteiger partial charge in [0.05, 0.1) is 0 Å². The average Bonchev–Trinajstić information content (AvgIpc) is 2.99. The second kappa shape index (κ2) is 6.17. The number of imide groups is 1. The standard InChI is InChI=1S/C14H19N5O3/c20-11-2-1-10(17-14(22)18-11)13(21)19-7-3-9(4-8-19)12-15-5-6-16-12/h5-6,9-10H,1-4,7-8H2,(H,15,16)(H2,17,18,20,22)/t10-/m0/s1. The molecule has 1 atom stereocenters. The maximum Gasteiger partial charge on any atom is 0.322 e. The first-order valence-electron chi connectivity index (χ1n) is 7.52. The summed E-state index contributed by atoms with van der Waals surface area (Å²) in [6, 6.07) is -1.21. The third-order valence-electron chi connectivity index (χ3n) is 4.23. The van der Waals surface area contributed by atoms with Crippen LogP contribution in [0.2, 0.25) is 0 Å².